The van der Waals surface area contributed by atoms with Gasteiger partial charge in [-0.2, -0.15) is 5.26 Å². The molecule has 8 nitrogen and oxygen atoms in total. The minimum atomic E-state index is -0.260. The third-order valence-electron chi connectivity index (χ3n) is 4.01. The van der Waals surface area contributed by atoms with E-state index >= 15 is 0 Å². The van der Waals surface area contributed by atoms with Gasteiger partial charge in [0.2, 0.25) is 5.88 Å². The molecule has 0 saturated heterocycles. The topological polar surface area (TPSA) is 106 Å². The van der Waals surface area contributed by atoms with Crippen LogP contribution in [0.1, 0.15) is 15.9 Å². The van der Waals surface area contributed by atoms with Gasteiger partial charge in [-0.3, -0.25) is 9.36 Å². The minimum absolute atomic E-state index is 0.260. The van der Waals surface area contributed by atoms with Crippen LogP contribution in [0.2, 0.25) is 0 Å². The van der Waals surface area contributed by atoms with Gasteiger partial charge in [-0.25, -0.2) is 15.0 Å². The second-order valence-corrected chi connectivity index (χ2v) is 5.95. The zero-order valence-corrected chi connectivity index (χ0v) is 15.1. The largest absolute Gasteiger partial charge is 0.439 e. The molecule has 8 heteroatoms. The predicted octanol–water partition coefficient (Wildman–Crippen LogP) is 3.58. The number of hydrogen-bond acceptors (Lipinski definition) is 6. The first-order chi connectivity index (χ1) is 14.2. The van der Waals surface area contributed by atoms with E-state index in [1.807, 2.05) is 6.07 Å². The van der Waals surface area contributed by atoms with E-state index in [4.69, 9.17) is 10.00 Å². The minimum Gasteiger partial charge on any atom is -0.439 e. The van der Waals surface area contributed by atoms with Gasteiger partial charge in [-0.05, 0) is 48.5 Å². The highest BCUT2D eigenvalue weighted by atomic mass is 16.5. The van der Waals surface area contributed by atoms with Crippen molar-refractivity contribution in [2.24, 2.45) is 0 Å². The van der Waals surface area contributed by atoms with Gasteiger partial charge in [0.15, 0.2) is 0 Å². The molecule has 140 valence electrons. The molecular formula is C21H14N6O2. The van der Waals surface area contributed by atoms with Crippen molar-refractivity contribution < 1.29 is 9.53 Å². The number of benzene rings is 2. The normalized spacial score (nSPS) is 10.2. The molecule has 2 heterocycles. The van der Waals surface area contributed by atoms with Crippen LogP contribution in [0, 0.1) is 11.3 Å². The Labute approximate surface area is 166 Å². The number of nitrogens with one attached hydrogen (secondary N) is 1. The zero-order valence-electron chi connectivity index (χ0n) is 15.1. The zero-order chi connectivity index (χ0) is 20.1. The van der Waals surface area contributed by atoms with Crippen LogP contribution in [0.5, 0.6) is 11.6 Å². The number of anilines is 1. The Morgan fingerprint density at radius 1 is 1.07 bits per heavy atom. The summed E-state index contributed by atoms with van der Waals surface area (Å²) >= 11 is 0. The maximum absolute atomic E-state index is 12.3. The first-order valence-corrected chi connectivity index (χ1v) is 8.61. The van der Waals surface area contributed by atoms with Crippen molar-refractivity contribution in [2.75, 3.05) is 5.32 Å². The number of imidazole rings is 1. The molecule has 0 fully saturated rings. The number of carbonyl (C=O) groups is 1. The van der Waals surface area contributed by atoms with E-state index in [9.17, 15) is 4.79 Å². The predicted molar refractivity (Wildman–Crippen MR) is 105 cm³/mol. The second kappa shape index (κ2) is 8.02. The SMILES string of the molecule is N#Cc1ccc(C(=O)Nc2ccc(Oc3cc(-n4ccnc4)ncn3)cc2)cc1. The molecule has 2 aromatic carbocycles. The van der Waals surface area contributed by atoms with Crippen LogP contribution >= 0.6 is 0 Å². The molecule has 0 spiro atoms. The fourth-order valence-corrected chi connectivity index (χ4v) is 2.55. The smallest absolute Gasteiger partial charge is 0.255 e. The summed E-state index contributed by atoms with van der Waals surface area (Å²) in [6, 6.07) is 17.1. The lowest BCUT2D eigenvalue weighted by Crippen LogP contribution is -2.11. The van der Waals surface area contributed by atoms with Gasteiger partial charge in [-0.1, -0.05) is 0 Å². The van der Waals surface area contributed by atoms with Gasteiger partial charge in [0.1, 0.15) is 24.2 Å². The van der Waals surface area contributed by atoms with Crippen molar-refractivity contribution in [1.29, 1.82) is 5.26 Å². The number of carbonyl (C=O) groups excluding carboxylic acids is 1. The number of amides is 1. The lowest BCUT2D eigenvalue weighted by atomic mass is 10.1. The fourth-order valence-electron chi connectivity index (χ4n) is 2.55. The third kappa shape index (κ3) is 4.26. The Morgan fingerprint density at radius 2 is 1.86 bits per heavy atom. The number of nitriles is 1. The molecule has 0 radical (unpaired) electrons. The van der Waals surface area contributed by atoms with Crippen molar-refractivity contribution in [3.05, 3.63) is 90.8 Å². The van der Waals surface area contributed by atoms with Crippen LogP contribution in [-0.2, 0) is 0 Å². The Hall–Kier alpha value is -4.51. The molecule has 1 N–H and O–H groups in total. The van der Waals surface area contributed by atoms with Crippen molar-refractivity contribution in [2.45, 2.75) is 0 Å². The van der Waals surface area contributed by atoms with Crippen LogP contribution in [0.3, 0.4) is 0 Å². The van der Waals surface area contributed by atoms with E-state index in [-0.39, 0.29) is 5.91 Å². The van der Waals surface area contributed by atoms with Crippen LogP contribution in [-0.4, -0.2) is 25.4 Å². The van der Waals surface area contributed by atoms with Gasteiger partial charge in [0.25, 0.3) is 5.91 Å². The second-order valence-electron chi connectivity index (χ2n) is 5.95. The lowest BCUT2D eigenvalue weighted by Gasteiger charge is -2.08. The van der Waals surface area contributed by atoms with Gasteiger partial charge in [-0.15, -0.1) is 0 Å². The van der Waals surface area contributed by atoms with E-state index in [1.54, 1.807) is 77.9 Å². The molecular weight excluding hydrogens is 368 g/mol. The first-order valence-electron chi connectivity index (χ1n) is 8.61. The van der Waals surface area contributed by atoms with Gasteiger partial charge < -0.3 is 10.1 Å². The average molecular weight is 382 g/mol. The Bertz CT molecular complexity index is 1160. The molecule has 0 aliphatic heterocycles. The summed E-state index contributed by atoms with van der Waals surface area (Å²) in [4.78, 5) is 24.6. The maximum Gasteiger partial charge on any atom is 0.255 e. The highest BCUT2D eigenvalue weighted by Gasteiger charge is 2.07. The van der Waals surface area contributed by atoms with Crippen LogP contribution in [0.4, 0.5) is 5.69 Å². The van der Waals surface area contributed by atoms with E-state index in [1.165, 1.54) is 6.33 Å². The number of hydrogen-bond donors (Lipinski definition) is 1. The molecule has 0 unspecified atom stereocenters. The average Bonchev–Trinajstić information content (AvgIpc) is 3.30. The number of rotatable bonds is 5. The van der Waals surface area contributed by atoms with Crippen molar-refractivity contribution >= 4 is 11.6 Å². The Morgan fingerprint density at radius 3 is 2.55 bits per heavy atom. The summed E-state index contributed by atoms with van der Waals surface area (Å²) < 4.78 is 7.51. The van der Waals surface area contributed by atoms with Crippen molar-refractivity contribution in [3.8, 4) is 23.5 Å². The number of nitrogens with zero attached hydrogens (tertiary/aromatic N) is 5. The standard InChI is InChI=1S/C21H14N6O2/c22-12-15-1-3-16(4-2-15)21(28)26-17-5-7-18(8-6-17)29-20-11-19(24-13-25-20)27-10-9-23-14-27/h1-11,13-14H,(H,26,28). The molecule has 4 aromatic rings. The first kappa shape index (κ1) is 17.9. The van der Waals surface area contributed by atoms with E-state index in [2.05, 4.69) is 20.3 Å². The number of aromatic nitrogens is 4. The maximum atomic E-state index is 12.3. The number of ether oxygens (including phenoxy) is 1. The van der Waals surface area contributed by atoms with Crippen molar-refractivity contribution in [3.63, 3.8) is 0 Å². The Balaban J connectivity index is 1.42. The van der Waals surface area contributed by atoms with Gasteiger partial charge in [0.05, 0.1) is 11.6 Å². The summed E-state index contributed by atoms with van der Waals surface area (Å²) in [5, 5.41) is 11.6. The summed E-state index contributed by atoms with van der Waals surface area (Å²) in [5.41, 5.74) is 1.59. The molecule has 0 atom stereocenters. The quantitative estimate of drug-likeness (QED) is 0.565. The molecule has 0 aliphatic rings. The summed E-state index contributed by atoms with van der Waals surface area (Å²) in [5.74, 6) is 1.33. The lowest BCUT2D eigenvalue weighted by molar-refractivity contribution is 0.102. The monoisotopic (exact) mass is 382 g/mol. The van der Waals surface area contributed by atoms with Gasteiger partial charge >= 0.3 is 0 Å². The summed E-state index contributed by atoms with van der Waals surface area (Å²) in [6.07, 6.45) is 6.49. The molecule has 0 saturated carbocycles. The van der Waals surface area contributed by atoms with Gasteiger partial charge in [0, 0.05) is 29.7 Å². The molecule has 0 bridgehead atoms. The van der Waals surface area contributed by atoms with E-state index in [0.29, 0.717) is 34.3 Å². The fraction of sp³-hybridized carbons (Fsp3) is 0. The summed E-state index contributed by atoms with van der Waals surface area (Å²) in [7, 11) is 0. The van der Waals surface area contributed by atoms with Crippen LogP contribution < -0.4 is 10.1 Å². The molecule has 0 aliphatic carbocycles. The van der Waals surface area contributed by atoms with Crippen molar-refractivity contribution in [1.82, 2.24) is 19.5 Å². The molecule has 2 aromatic heterocycles. The van der Waals surface area contributed by atoms with Crippen LogP contribution in [0.25, 0.3) is 5.82 Å². The third-order valence-corrected chi connectivity index (χ3v) is 4.01. The molecule has 4 rings (SSSR count). The summed E-state index contributed by atoms with van der Waals surface area (Å²) in [6.45, 7) is 0. The van der Waals surface area contributed by atoms with Crippen LogP contribution in [0.15, 0.2) is 79.6 Å². The Kier molecular flexibility index (Phi) is 4.95. The highest BCUT2D eigenvalue weighted by Crippen LogP contribution is 2.22. The van der Waals surface area contributed by atoms with E-state index < -0.39 is 0 Å². The highest BCUT2D eigenvalue weighted by molar-refractivity contribution is 6.04. The molecule has 29 heavy (non-hydrogen) atoms. The van der Waals surface area contributed by atoms with E-state index in [0.717, 1.165) is 0 Å². The molecule has 1 amide bonds.